The molecule has 6 nitrogen and oxygen atoms in total. The molecule has 1 aliphatic heterocycles. The molecule has 1 fully saturated rings. The van der Waals surface area contributed by atoms with E-state index in [4.69, 9.17) is 4.74 Å². The highest BCUT2D eigenvalue weighted by Gasteiger charge is 2.29. The second kappa shape index (κ2) is 7.64. The summed E-state index contributed by atoms with van der Waals surface area (Å²) in [6.45, 7) is 10.6. The van der Waals surface area contributed by atoms with E-state index in [1.54, 1.807) is 7.05 Å². The van der Waals surface area contributed by atoms with Gasteiger partial charge in [-0.1, -0.05) is 20.8 Å². The number of carbonyl (C=O) groups is 1. The highest BCUT2D eigenvalue weighted by atomic mass is 16.5. The van der Waals surface area contributed by atoms with Crippen molar-refractivity contribution in [2.45, 2.75) is 46.1 Å². The molecule has 1 amide bonds. The maximum absolute atomic E-state index is 11.7. The van der Waals surface area contributed by atoms with E-state index in [1.165, 1.54) is 0 Å². The monoisotopic (exact) mass is 298 g/mol. The number of ether oxygens (including phenoxy) is 1. The van der Waals surface area contributed by atoms with Crippen LogP contribution in [0.15, 0.2) is 4.99 Å². The van der Waals surface area contributed by atoms with Crippen LogP contribution < -0.4 is 16.0 Å². The molecule has 6 heteroatoms. The number of amides is 1. The van der Waals surface area contributed by atoms with Gasteiger partial charge in [-0.05, 0) is 19.8 Å². The first-order valence-corrected chi connectivity index (χ1v) is 7.64. The van der Waals surface area contributed by atoms with Crippen molar-refractivity contribution in [2.24, 2.45) is 10.4 Å². The van der Waals surface area contributed by atoms with Crippen LogP contribution in [0.5, 0.6) is 0 Å². The fourth-order valence-electron chi connectivity index (χ4n) is 2.09. The third kappa shape index (κ3) is 6.33. The van der Waals surface area contributed by atoms with Crippen LogP contribution in [0.3, 0.4) is 0 Å². The quantitative estimate of drug-likeness (QED) is 0.400. The lowest BCUT2D eigenvalue weighted by Crippen LogP contribution is -2.47. The molecule has 0 aromatic carbocycles. The van der Waals surface area contributed by atoms with Crippen LogP contribution in [-0.4, -0.2) is 50.8 Å². The number of hydrogen-bond donors (Lipinski definition) is 3. The predicted octanol–water partition coefficient (Wildman–Crippen LogP) is 0.883. The van der Waals surface area contributed by atoms with E-state index in [2.05, 4.69) is 27.9 Å². The summed E-state index contributed by atoms with van der Waals surface area (Å²) < 4.78 is 5.73. The van der Waals surface area contributed by atoms with Gasteiger partial charge in [0.15, 0.2) is 5.96 Å². The van der Waals surface area contributed by atoms with Gasteiger partial charge in [0.2, 0.25) is 5.91 Å². The molecule has 1 saturated heterocycles. The Hall–Kier alpha value is -1.30. The van der Waals surface area contributed by atoms with Gasteiger partial charge in [-0.25, -0.2) is 0 Å². The van der Waals surface area contributed by atoms with Gasteiger partial charge in [0.05, 0.1) is 5.60 Å². The number of hydrogen-bond acceptors (Lipinski definition) is 3. The SMILES string of the molecule is CN=C(NCCNC(=O)C(C)(C)C)NCC1(C)CCCO1. The van der Waals surface area contributed by atoms with Crippen LogP contribution >= 0.6 is 0 Å². The summed E-state index contributed by atoms with van der Waals surface area (Å²) in [7, 11) is 1.74. The van der Waals surface area contributed by atoms with Gasteiger partial charge in [0.1, 0.15) is 0 Å². The van der Waals surface area contributed by atoms with Crippen LogP contribution in [0, 0.1) is 5.41 Å². The van der Waals surface area contributed by atoms with Crippen LogP contribution in [0.4, 0.5) is 0 Å². The number of nitrogens with one attached hydrogen (secondary N) is 3. The minimum atomic E-state index is -0.353. The van der Waals surface area contributed by atoms with Crippen molar-refractivity contribution >= 4 is 11.9 Å². The van der Waals surface area contributed by atoms with Gasteiger partial charge in [0.25, 0.3) is 0 Å². The van der Waals surface area contributed by atoms with E-state index >= 15 is 0 Å². The topological polar surface area (TPSA) is 74.8 Å². The summed E-state index contributed by atoms with van der Waals surface area (Å²) in [5, 5.41) is 9.36. The van der Waals surface area contributed by atoms with E-state index < -0.39 is 0 Å². The molecule has 0 bridgehead atoms. The largest absolute Gasteiger partial charge is 0.373 e. The van der Waals surface area contributed by atoms with E-state index in [0.717, 1.165) is 32.0 Å². The third-order valence-electron chi connectivity index (χ3n) is 3.54. The number of aliphatic imine (C=N–C) groups is 1. The molecular weight excluding hydrogens is 268 g/mol. The van der Waals surface area contributed by atoms with Crippen molar-refractivity contribution in [3.63, 3.8) is 0 Å². The zero-order chi connectivity index (χ0) is 15.9. The lowest BCUT2D eigenvalue weighted by Gasteiger charge is -2.24. The lowest BCUT2D eigenvalue weighted by atomic mass is 9.96. The molecule has 0 aliphatic carbocycles. The Morgan fingerprint density at radius 1 is 1.24 bits per heavy atom. The second-order valence-electron chi connectivity index (χ2n) is 6.76. The molecule has 0 saturated carbocycles. The van der Waals surface area contributed by atoms with Crippen molar-refractivity contribution in [3.05, 3.63) is 0 Å². The molecule has 1 aliphatic rings. The molecule has 0 aromatic heterocycles. The number of rotatable bonds is 5. The Morgan fingerprint density at radius 2 is 1.90 bits per heavy atom. The Bertz CT molecular complexity index is 368. The van der Waals surface area contributed by atoms with Gasteiger partial charge in [-0.2, -0.15) is 0 Å². The van der Waals surface area contributed by atoms with E-state index in [1.807, 2.05) is 20.8 Å². The number of guanidine groups is 1. The Morgan fingerprint density at radius 3 is 2.43 bits per heavy atom. The average Bonchev–Trinajstić information content (AvgIpc) is 2.84. The summed E-state index contributed by atoms with van der Waals surface area (Å²) in [6.07, 6.45) is 2.18. The third-order valence-corrected chi connectivity index (χ3v) is 3.54. The smallest absolute Gasteiger partial charge is 0.225 e. The zero-order valence-corrected chi connectivity index (χ0v) is 14.0. The fraction of sp³-hybridized carbons (Fsp3) is 0.867. The maximum atomic E-state index is 11.7. The summed E-state index contributed by atoms with van der Waals surface area (Å²) >= 11 is 0. The van der Waals surface area contributed by atoms with Gasteiger partial charge in [0, 0.05) is 38.7 Å². The molecule has 1 heterocycles. The van der Waals surface area contributed by atoms with Crippen molar-refractivity contribution in [2.75, 3.05) is 33.3 Å². The van der Waals surface area contributed by atoms with E-state index in [-0.39, 0.29) is 16.9 Å². The molecule has 1 atom stereocenters. The molecule has 0 spiro atoms. The first-order chi connectivity index (χ1) is 9.77. The van der Waals surface area contributed by atoms with E-state index in [0.29, 0.717) is 13.1 Å². The lowest BCUT2D eigenvalue weighted by molar-refractivity contribution is -0.128. The molecule has 0 aromatic rings. The van der Waals surface area contributed by atoms with Gasteiger partial charge >= 0.3 is 0 Å². The van der Waals surface area contributed by atoms with Crippen molar-refractivity contribution in [1.82, 2.24) is 16.0 Å². The summed E-state index contributed by atoms with van der Waals surface area (Å²) in [4.78, 5) is 15.9. The Kier molecular flexibility index (Phi) is 6.45. The minimum absolute atomic E-state index is 0.0547. The van der Waals surface area contributed by atoms with Crippen molar-refractivity contribution in [1.29, 1.82) is 0 Å². The molecular formula is C15H30N4O2. The average molecular weight is 298 g/mol. The van der Waals surface area contributed by atoms with Gasteiger partial charge in [-0.15, -0.1) is 0 Å². The molecule has 1 rings (SSSR count). The number of carbonyl (C=O) groups excluding carboxylic acids is 1. The van der Waals surface area contributed by atoms with Crippen LogP contribution in [0.25, 0.3) is 0 Å². The van der Waals surface area contributed by atoms with Crippen LogP contribution in [-0.2, 0) is 9.53 Å². The van der Waals surface area contributed by atoms with Crippen molar-refractivity contribution < 1.29 is 9.53 Å². The van der Waals surface area contributed by atoms with E-state index in [9.17, 15) is 4.79 Å². The first kappa shape index (κ1) is 17.8. The normalized spacial score (nSPS) is 23.0. The molecule has 21 heavy (non-hydrogen) atoms. The Balaban J connectivity index is 2.21. The second-order valence-corrected chi connectivity index (χ2v) is 6.76. The molecule has 1 unspecified atom stereocenters. The summed E-state index contributed by atoms with van der Waals surface area (Å²) in [5.41, 5.74) is -0.452. The maximum Gasteiger partial charge on any atom is 0.225 e. The number of nitrogens with zero attached hydrogens (tertiary/aromatic N) is 1. The fourth-order valence-corrected chi connectivity index (χ4v) is 2.09. The highest BCUT2D eigenvalue weighted by molar-refractivity contribution is 5.81. The molecule has 122 valence electrons. The Labute approximate surface area is 128 Å². The minimum Gasteiger partial charge on any atom is -0.373 e. The highest BCUT2D eigenvalue weighted by Crippen LogP contribution is 2.23. The first-order valence-electron chi connectivity index (χ1n) is 7.64. The van der Waals surface area contributed by atoms with Crippen molar-refractivity contribution in [3.8, 4) is 0 Å². The van der Waals surface area contributed by atoms with Crippen LogP contribution in [0.2, 0.25) is 0 Å². The molecule has 0 radical (unpaired) electrons. The summed E-state index contributed by atoms with van der Waals surface area (Å²) in [6, 6.07) is 0. The van der Waals surface area contributed by atoms with Crippen LogP contribution in [0.1, 0.15) is 40.5 Å². The predicted molar refractivity (Wildman–Crippen MR) is 85.4 cm³/mol. The zero-order valence-electron chi connectivity index (χ0n) is 14.0. The van der Waals surface area contributed by atoms with Gasteiger partial charge < -0.3 is 20.7 Å². The standard InChI is InChI=1S/C15H30N4O2/c1-14(2,3)12(20)17-8-9-18-13(16-5)19-11-15(4)7-6-10-21-15/h6-11H2,1-5H3,(H,17,20)(H2,16,18,19). The summed E-state index contributed by atoms with van der Waals surface area (Å²) in [5.74, 6) is 0.788. The molecule has 3 N–H and O–H groups in total. The van der Waals surface area contributed by atoms with Gasteiger partial charge in [-0.3, -0.25) is 9.79 Å².